The Kier molecular flexibility index (Phi) is 5.06. The normalized spacial score (nSPS) is 10.9. The zero-order valence-corrected chi connectivity index (χ0v) is 15.1. The molecule has 0 saturated carbocycles. The third-order valence-electron chi connectivity index (χ3n) is 3.46. The Balaban J connectivity index is 1.61. The molecule has 0 unspecified atom stereocenters. The molecular weight excluding hydrogens is 365 g/mol. The Morgan fingerprint density at radius 1 is 1.24 bits per heavy atom. The lowest BCUT2D eigenvalue weighted by atomic mass is 10.3. The SMILES string of the molecule is Cc1cc(C)n2c(CNC(=O)COc3ccc(Cl)cc3Cl)nnc2n1. The minimum absolute atomic E-state index is 0.172. The largest absolute Gasteiger partial charge is 0.482 e. The van der Waals surface area contributed by atoms with Crippen LogP contribution in [0.25, 0.3) is 5.78 Å². The number of ether oxygens (including phenoxy) is 1. The second-order valence-electron chi connectivity index (χ2n) is 5.43. The van der Waals surface area contributed by atoms with Gasteiger partial charge in [0.25, 0.3) is 11.7 Å². The van der Waals surface area contributed by atoms with Gasteiger partial charge in [-0.1, -0.05) is 23.2 Å². The van der Waals surface area contributed by atoms with E-state index in [1.807, 2.05) is 19.9 Å². The Labute approximate surface area is 153 Å². The summed E-state index contributed by atoms with van der Waals surface area (Å²) in [6, 6.07) is 6.73. The Morgan fingerprint density at radius 2 is 2.04 bits per heavy atom. The number of nitrogens with one attached hydrogen (secondary N) is 1. The Morgan fingerprint density at radius 3 is 2.80 bits per heavy atom. The van der Waals surface area contributed by atoms with Gasteiger partial charge in [-0.25, -0.2) is 4.98 Å². The fourth-order valence-corrected chi connectivity index (χ4v) is 2.84. The van der Waals surface area contributed by atoms with Crippen molar-refractivity contribution in [1.82, 2.24) is 24.9 Å². The molecule has 1 N–H and O–H groups in total. The fraction of sp³-hybridized carbons (Fsp3) is 0.250. The van der Waals surface area contributed by atoms with Gasteiger partial charge in [0.2, 0.25) is 0 Å². The second-order valence-corrected chi connectivity index (χ2v) is 6.27. The van der Waals surface area contributed by atoms with Crippen LogP contribution in [-0.4, -0.2) is 32.1 Å². The van der Waals surface area contributed by atoms with Gasteiger partial charge in [-0.05, 0) is 38.1 Å². The molecular formula is C16H15Cl2N5O2. The molecule has 3 aromatic rings. The summed E-state index contributed by atoms with van der Waals surface area (Å²) >= 11 is 11.8. The molecule has 0 aliphatic rings. The van der Waals surface area contributed by atoms with E-state index in [-0.39, 0.29) is 19.1 Å². The highest BCUT2D eigenvalue weighted by atomic mass is 35.5. The van der Waals surface area contributed by atoms with Gasteiger partial charge in [0.15, 0.2) is 12.4 Å². The van der Waals surface area contributed by atoms with Crippen LogP contribution in [0.4, 0.5) is 0 Å². The summed E-state index contributed by atoms with van der Waals surface area (Å²) < 4.78 is 7.19. The molecule has 1 aromatic carbocycles. The number of aryl methyl sites for hydroxylation is 2. The second kappa shape index (κ2) is 7.25. The zero-order valence-electron chi connectivity index (χ0n) is 13.6. The minimum Gasteiger partial charge on any atom is -0.482 e. The van der Waals surface area contributed by atoms with Gasteiger partial charge in [0.05, 0.1) is 11.6 Å². The first kappa shape index (κ1) is 17.4. The fourth-order valence-electron chi connectivity index (χ4n) is 2.38. The van der Waals surface area contributed by atoms with Crippen LogP contribution in [0.2, 0.25) is 10.0 Å². The molecule has 2 heterocycles. The Hall–Kier alpha value is -2.38. The van der Waals surface area contributed by atoms with Crippen LogP contribution in [-0.2, 0) is 11.3 Å². The van der Waals surface area contributed by atoms with Gasteiger partial charge < -0.3 is 10.1 Å². The van der Waals surface area contributed by atoms with Crippen LogP contribution in [0, 0.1) is 13.8 Å². The summed E-state index contributed by atoms with van der Waals surface area (Å²) in [4.78, 5) is 16.3. The molecule has 9 heteroatoms. The number of benzene rings is 1. The van der Waals surface area contributed by atoms with E-state index in [1.54, 1.807) is 22.6 Å². The summed E-state index contributed by atoms with van der Waals surface area (Å²) in [5.74, 6) is 1.19. The molecule has 25 heavy (non-hydrogen) atoms. The maximum atomic E-state index is 12.0. The van der Waals surface area contributed by atoms with Crippen LogP contribution in [0.15, 0.2) is 24.3 Å². The minimum atomic E-state index is -0.305. The van der Waals surface area contributed by atoms with Gasteiger partial charge in [0.1, 0.15) is 5.75 Å². The highest BCUT2D eigenvalue weighted by Crippen LogP contribution is 2.27. The van der Waals surface area contributed by atoms with Crippen LogP contribution < -0.4 is 10.1 Å². The number of nitrogens with zero attached hydrogens (tertiary/aromatic N) is 4. The van der Waals surface area contributed by atoms with Gasteiger partial charge in [0, 0.05) is 16.4 Å². The first-order chi connectivity index (χ1) is 11.9. The number of aromatic nitrogens is 4. The van der Waals surface area contributed by atoms with Gasteiger partial charge in [-0.15, -0.1) is 10.2 Å². The predicted octanol–water partition coefficient (Wildman–Crippen LogP) is 2.74. The first-order valence-electron chi connectivity index (χ1n) is 7.47. The molecule has 0 bridgehead atoms. The number of carbonyl (C=O) groups is 1. The van der Waals surface area contributed by atoms with Crippen LogP contribution in [0.3, 0.4) is 0 Å². The third-order valence-corrected chi connectivity index (χ3v) is 3.99. The lowest BCUT2D eigenvalue weighted by Crippen LogP contribution is -2.29. The van der Waals surface area contributed by atoms with Crippen LogP contribution in [0.1, 0.15) is 17.2 Å². The standard InChI is InChI=1S/C16H15Cl2N5O2/c1-9-5-10(2)23-14(21-22-16(23)20-9)7-19-15(24)8-25-13-4-3-11(17)6-12(13)18/h3-6H,7-8H2,1-2H3,(H,19,24). The maximum Gasteiger partial charge on any atom is 0.258 e. The first-order valence-corrected chi connectivity index (χ1v) is 8.22. The van der Waals surface area contributed by atoms with Crippen molar-refractivity contribution in [1.29, 1.82) is 0 Å². The number of hydrogen-bond donors (Lipinski definition) is 1. The van der Waals surface area contributed by atoms with Crippen molar-refractivity contribution in [3.8, 4) is 5.75 Å². The number of hydrogen-bond acceptors (Lipinski definition) is 5. The molecule has 3 rings (SSSR count). The Bertz CT molecular complexity index is 942. The maximum absolute atomic E-state index is 12.0. The van der Waals surface area contributed by atoms with E-state index in [0.29, 0.717) is 27.4 Å². The van der Waals surface area contributed by atoms with E-state index < -0.39 is 0 Å². The number of carbonyl (C=O) groups excluding carboxylic acids is 1. The van der Waals surface area contributed by atoms with Crippen LogP contribution >= 0.6 is 23.2 Å². The van der Waals surface area contributed by atoms with Gasteiger partial charge in [-0.3, -0.25) is 9.20 Å². The molecule has 0 radical (unpaired) electrons. The molecule has 0 aliphatic heterocycles. The van der Waals surface area contributed by atoms with Gasteiger partial charge >= 0.3 is 0 Å². The van der Waals surface area contributed by atoms with Gasteiger partial charge in [-0.2, -0.15) is 0 Å². The number of amides is 1. The molecule has 130 valence electrons. The quantitative estimate of drug-likeness (QED) is 0.736. The third kappa shape index (κ3) is 4.00. The van der Waals surface area contributed by atoms with E-state index in [9.17, 15) is 4.79 Å². The molecule has 1 amide bonds. The van der Waals surface area contributed by atoms with Crippen molar-refractivity contribution in [3.63, 3.8) is 0 Å². The predicted molar refractivity (Wildman–Crippen MR) is 94.1 cm³/mol. The topological polar surface area (TPSA) is 81.4 Å². The van der Waals surface area contributed by atoms with Crippen LogP contribution in [0.5, 0.6) is 5.75 Å². The summed E-state index contributed by atoms with van der Waals surface area (Å²) in [5, 5.41) is 11.7. The molecule has 2 aromatic heterocycles. The molecule has 7 nitrogen and oxygen atoms in total. The number of halogens is 2. The molecule has 0 atom stereocenters. The highest BCUT2D eigenvalue weighted by Gasteiger charge is 2.12. The lowest BCUT2D eigenvalue weighted by molar-refractivity contribution is -0.123. The van der Waals surface area contributed by atoms with Crippen molar-refractivity contribution in [2.24, 2.45) is 0 Å². The van der Waals surface area contributed by atoms with E-state index in [4.69, 9.17) is 27.9 Å². The average molecular weight is 380 g/mol. The summed E-state index contributed by atoms with van der Waals surface area (Å²) in [6.45, 7) is 3.86. The number of fused-ring (bicyclic) bond motifs is 1. The van der Waals surface area contributed by atoms with E-state index in [2.05, 4.69) is 20.5 Å². The van der Waals surface area contributed by atoms with E-state index in [0.717, 1.165) is 11.4 Å². The van der Waals surface area contributed by atoms with Crippen molar-refractivity contribution >= 4 is 34.9 Å². The molecule has 0 fully saturated rings. The zero-order chi connectivity index (χ0) is 18.0. The monoisotopic (exact) mass is 379 g/mol. The van der Waals surface area contributed by atoms with Crippen molar-refractivity contribution in [2.75, 3.05) is 6.61 Å². The smallest absolute Gasteiger partial charge is 0.258 e. The summed E-state index contributed by atoms with van der Waals surface area (Å²) in [5.41, 5.74) is 1.81. The van der Waals surface area contributed by atoms with Crippen molar-refractivity contribution in [3.05, 3.63) is 51.5 Å². The van der Waals surface area contributed by atoms with Crippen molar-refractivity contribution in [2.45, 2.75) is 20.4 Å². The lowest BCUT2D eigenvalue weighted by Gasteiger charge is -2.09. The molecule has 0 aliphatic carbocycles. The van der Waals surface area contributed by atoms with E-state index in [1.165, 1.54) is 0 Å². The average Bonchev–Trinajstić information content (AvgIpc) is 2.95. The molecule has 0 saturated heterocycles. The summed E-state index contributed by atoms with van der Waals surface area (Å²) in [7, 11) is 0. The molecule has 0 spiro atoms. The number of rotatable bonds is 5. The van der Waals surface area contributed by atoms with E-state index >= 15 is 0 Å². The van der Waals surface area contributed by atoms with Crippen molar-refractivity contribution < 1.29 is 9.53 Å². The summed E-state index contributed by atoms with van der Waals surface area (Å²) in [6.07, 6.45) is 0. The highest BCUT2D eigenvalue weighted by molar-refractivity contribution is 6.35.